The van der Waals surface area contributed by atoms with E-state index in [2.05, 4.69) is 48.5 Å². The van der Waals surface area contributed by atoms with Crippen molar-refractivity contribution < 1.29 is 9.53 Å². The van der Waals surface area contributed by atoms with Crippen LogP contribution in [0.5, 0.6) is 0 Å². The number of amides is 1. The summed E-state index contributed by atoms with van der Waals surface area (Å²) < 4.78 is 5.42. The van der Waals surface area contributed by atoms with Crippen molar-refractivity contribution in [1.29, 1.82) is 0 Å². The Bertz CT molecular complexity index is 911. The van der Waals surface area contributed by atoms with Gasteiger partial charge in [0, 0.05) is 27.8 Å². The van der Waals surface area contributed by atoms with Gasteiger partial charge in [0.1, 0.15) is 5.25 Å². The molecular formula is C24H23NO2S2. The maximum absolute atomic E-state index is 13.3. The van der Waals surface area contributed by atoms with Crippen molar-refractivity contribution in [2.24, 2.45) is 0 Å². The Balaban J connectivity index is 1.55. The number of thioether (sulfide) groups is 1. The zero-order valence-corrected chi connectivity index (χ0v) is 17.7. The van der Waals surface area contributed by atoms with Crippen LogP contribution in [0, 0.1) is 0 Å². The van der Waals surface area contributed by atoms with E-state index < -0.39 is 0 Å². The van der Waals surface area contributed by atoms with Gasteiger partial charge < -0.3 is 9.64 Å². The second kappa shape index (κ2) is 10.0. The van der Waals surface area contributed by atoms with Crippen molar-refractivity contribution in [1.82, 2.24) is 4.90 Å². The molecule has 148 valence electrons. The van der Waals surface area contributed by atoms with E-state index in [4.69, 9.17) is 4.74 Å². The lowest BCUT2D eigenvalue weighted by atomic mass is 10.1. The summed E-state index contributed by atoms with van der Waals surface area (Å²) in [4.78, 5) is 18.7. The molecular weight excluding hydrogens is 398 g/mol. The maximum atomic E-state index is 13.3. The molecule has 29 heavy (non-hydrogen) atoms. The lowest BCUT2D eigenvalue weighted by Gasteiger charge is -2.30. The van der Waals surface area contributed by atoms with Crippen LogP contribution in [-0.4, -0.2) is 37.1 Å². The molecule has 1 saturated heterocycles. The van der Waals surface area contributed by atoms with Crippen LogP contribution < -0.4 is 0 Å². The monoisotopic (exact) mass is 421 g/mol. The van der Waals surface area contributed by atoms with Crippen LogP contribution >= 0.6 is 23.5 Å². The number of benzene rings is 3. The lowest BCUT2D eigenvalue weighted by Crippen LogP contribution is -2.42. The summed E-state index contributed by atoms with van der Waals surface area (Å²) in [5.41, 5.74) is 1.03. The number of ether oxygens (including phenoxy) is 1. The average molecular weight is 422 g/mol. The van der Waals surface area contributed by atoms with Gasteiger partial charge in [0.25, 0.3) is 0 Å². The third-order valence-corrected chi connectivity index (χ3v) is 6.98. The predicted molar refractivity (Wildman–Crippen MR) is 119 cm³/mol. The minimum Gasteiger partial charge on any atom is -0.378 e. The largest absolute Gasteiger partial charge is 0.378 e. The van der Waals surface area contributed by atoms with E-state index in [1.807, 2.05) is 41.3 Å². The van der Waals surface area contributed by atoms with Crippen molar-refractivity contribution in [2.45, 2.75) is 19.9 Å². The number of morpholine rings is 1. The summed E-state index contributed by atoms with van der Waals surface area (Å²) in [6, 6.07) is 28.9. The normalized spacial score (nSPS) is 15.1. The molecule has 1 heterocycles. The van der Waals surface area contributed by atoms with Gasteiger partial charge in [0.2, 0.25) is 5.91 Å². The molecule has 1 aliphatic rings. The van der Waals surface area contributed by atoms with Gasteiger partial charge in [-0.15, -0.1) is 11.8 Å². The first-order chi connectivity index (χ1) is 14.3. The third kappa shape index (κ3) is 5.44. The molecule has 0 N–H and O–H groups in total. The molecule has 3 aromatic rings. The maximum Gasteiger partial charge on any atom is 0.240 e. The summed E-state index contributed by atoms with van der Waals surface area (Å²) in [5, 5.41) is -0.258. The molecule has 5 heteroatoms. The average Bonchev–Trinajstić information content (AvgIpc) is 2.80. The Morgan fingerprint density at radius 2 is 1.31 bits per heavy atom. The van der Waals surface area contributed by atoms with Gasteiger partial charge in [-0.05, 0) is 42.0 Å². The molecule has 0 unspecified atom stereocenters. The number of rotatable bonds is 6. The molecule has 3 nitrogen and oxygen atoms in total. The van der Waals surface area contributed by atoms with Crippen molar-refractivity contribution in [3.05, 3.63) is 90.5 Å². The number of carbonyl (C=O) groups excluding carboxylic acids is 1. The third-order valence-electron chi connectivity index (χ3n) is 4.71. The summed E-state index contributed by atoms with van der Waals surface area (Å²) in [5.74, 6) is 0.158. The summed E-state index contributed by atoms with van der Waals surface area (Å²) in [7, 11) is 0. The van der Waals surface area contributed by atoms with E-state index in [0.29, 0.717) is 26.3 Å². The van der Waals surface area contributed by atoms with Gasteiger partial charge in [0.15, 0.2) is 0 Å². The van der Waals surface area contributed by atoms with E-state index in [1.54, 1.807) is 23.5 Å². The summed E-state index contributed by atoms with van der Waals surface area (Å²) >= 11 is 3.34. The number of hydrogen-bond acceptors (Lipinski definition) is 4. The number of nitrogens with zero attached hydrogens (tertiary/aromatic N) is 1. The molecule has 3 aromatic carbocycles. The van der Waals surface area contributed by atoms with Crippen LogP contribution in [0.2, 0.25) is 0 Å². The fourth-order valence-corrected chi connectivity index (χ4v) is 5.15. The van der Waals surface area contributed by atoms with E-state index in [9.17, 15) is 4.79 Å². The second-order valence-electron chi connectivity index (χ2n) is 6.73. The summed E-state index contributed by atoms with van der Waals surface area (Å²) in [6.07, 6.45) is 0. The van der Waals surface area contributed by atoms with E-state index in [0.717, 1.165) is 10.5 Å². The molecule has 1 aliphatic heterocycles. The van der Waals surface area contributed by atoms with Crippen LogP contribution in [0.15, 0.2) is 99.6 Å². The highest BCUT2D eigenvalue weighted by Gasteiger charge is 2.28. The smallest absolute Gasteiger partial charge is 0.240 e. The molecule has 1 amide bonds. The molecule has 0 saturated carbocycles. The van der Waals surface area contributed by atoms with Crippen LogP contribution in [-0.2, 0) is 9.53 Å². The topological polar surface area (TPSA) is 29.5 Å². The van der Waals surface area contributed by atoms with Crippen molar-refractivity contribution in [3.63, 3.8) is 0 Å². The van der Waals surface area contributed by atoms with Crippen LogP contribution in [0.25, 0.3) is 0 Å². The van der Waals surface area contributed by atoms with Gasteiger partial charge in [-0.1, -0.05) is 60.3 Å². The Kier molecular flexibility index (Phi) is 6.93. The van der Waals surface area contributed by atoms with Crippen molar-refractivity contribution >= 4 is 29.4 Å². The first kappa shape index (κ1) is 20.1. The molecule has 0 spiro atoms. The quantitative estimate of drug-likeness (QED) is 0.490. The van der Waals surface area contributed by atoms with Gasteiger partial charge in [0.05, 0.1) is 13.2 Å². The zero-order valence-electron chi connectivity index (χ0n) is 16.1. The molecule has 0 radical (unpaired) electrons. The molecule has 1 fully saturated rings. The Labute approximate surface area is 180 Å². The molecule has 0 aliphatic carbocycles. The molecule has 0 aromatic heterocycles. The predicted octanol–water partition coefficient (Wildman–Crippen LogP) is 5.53. The number of hydrogen-bond donors (Lipinski definition) is 0. The van der Waals surface area contributed by atoms with Crippen molar-refractivity contribution in [3.8, 4) is 0 Å². The minimum absolute atomic E-state index is 0.158. The Hall–Kier alpha value is -2.21. The summed E-state index contributed by atoms with van der Waals surface area (Å²) in [6.45, 7) is 2.54. The van der Waals surface area contributed by atoms with Gasteiger partial charge >= 0.3 is 0 Å². The zero-order chi connectivity index (χ0) is 19.9. The highest BCUT2D eigenvalue weighted by atomic mass is 32.2. The van der Waals surface area contributed by atoms with Crippen molar-refractivity contribution in [2.75, 3.05) is 26.3 Å². The SMILES string of the molecule is O=C([C@H](Sc1ccccc1)c1ccc(Sc2ccccc2)cc1)N1CCOCC1. The minimum atomic E-state index is -0.258. The van der Waals surface area contributed by atoms with Gasteiger partial charge in [-0.2, -0.15) is 0 Å². The van der Waals surface area contributed by atoms with Gasteiger partial charge in [-0.25, -0.2) is 0 Å². The Morgan fingerprint density at radius 3 is 1.93 bits per heavy atom. The fraction of sp³-hybridized carbons (Fsp3) is 0.208. The first-order valence-electron chi connectivity index (χ1n) is 9.71. The Morgan fingerprint density at radius 1 is 0.759 bits per heavy atom. The lowest BCUT2D eigenvalue weighted by molar-refractivity contribution is -0.134. The van der Waals surface area contributed by atoms with Crippen LogP contribution in [0.1, 0.15) is 10.8 Å². The first-order valence-corrected chi connectivity index (χ1v) is 11.4. The molecule has 1 atom stereocenters. The standard InChI is InChI=1S/C24H23NO2S2/c26-24(25-15-17-27-18-16-25)23(29-21-9-5-2-6-10-21)19-11-13-22(14-12-19)28-20-7-3-1-4-8-20/h1-14,23H,15-18H2/t23-/m1/s1. The molecule has 0 bridgehead atoms. The second-order valence-corrected chi connectivity index (χ2v) is 9.06. The number of carbonyl (C=O) groups is 1. The highest BCUT2D eigenvalue weighted by molar-refractivity contribution is 8.00. The fourth-order valence-electron chi connectivity index (χ4n) is 3.18. The van der Waals surface area contributed by atoms with E-state index >= 15 is 0 Å². The van der Waals surface area contributed by atoms with Gasteiger partial charge in [-0.3, -0.25) is 4.79 Å². The molecule has 4 rings (SSSR count). The van der Waals surface area contributed by atoms with Crippen LogP contribution in [0.3, 0.4) is 0 Å². The van der Waals surface area contributed by atoms with E-state index in [-0.39, 0.29) is 11.2 Å². The highest BCUT2D eigenvalue weighted by Crippen LogP contribution is 2.38. The van der Waals surface area contributed by atoms with Crippen LogP contribution in [0.4, 0.5) is 0 Å². The van der Waals surface area contributed by atoms with E-state index in [1.165, 1.54) is 9.79 Å².